The maximum atomic E-state index is 15.6. The van der Waals surface area contributed by atoms with Crippen molar-refractivity contribution in [3.8, 4) is 11.3 Å². The van der Waals surface area contributed by atoms with Crippen molar-refractivity contribution in [2.24, 2.45) is 0 Å². The normalized spacial score (nSPS) is 23.4. The third kappa shape index (κ3) is 5.18. The van der Waals surface area contributed by atoms with Gasteiger partial charge >= 0.3 is 0 Å². The van der Waals surface area contributed by atoms with Crippen LogP contribution in [0.3, 0.4) is 0 Å². The molecule has 0 radical (unpaired) electrons. The molecule has 5 rings (SSSR count). The Morgan fingerprint density at radius 1 is 1.26 bits per heavy atom. The number of hydrogen-bond donors (Lipinski definition) is 2. The first-order valence-corrected chi connectivity index (χ1v) is 12.5. The quantitative estimate of drug-likeness (QED) is 0.485. The second-order valence-corrected chi connectivity index (χ2v) is 9.92. The highest BCUT2D eigenvalue weighted by Crippen LogP contribution is 2.35. The van der Waals surface area contributed by atoms with E-state index in [9.17, 15) is 4.79 Å². The standard InChI is InChI=1S/C26H30ClFN6O/c1-2-23(35)34-13-11-33(12-14-34)17-26(28)9-7-18(8-10-26)31-25-30-16-21(27)24(32-25)20-15-29-22-6-4-3-5-19(20)22/h2-6,15-16,18,29H,1,7-14,17H2,(H,30,31,32). The SMILES string of the molecule is C=CC(=O)N1CCN(CC2(F)CCC(Nc3ncc(Cl)c(-c4c[nH]c5ccccc45)n3)CC2)CC1. The van der Waals surface area contributed by atoms with Crippen molar-refractivity contribution in [2.45, 2.75) is 37.4 Å². The van der Waals surface area contributed by atoms with E-state index in [0.29, 0.717) is 75.1 Å². The molecule has 9 heteroatoms. The lowest BCUT2D eigenvalue weighted by Crippen LogP contribution is -2.53. The fourth-order valence-electron chi connectivity index (χ4n) is 5.17. The number of hydrogen-bond acceptors (Lipinski definition) is 5. The number of rotatable bonds is 6. The summed E-state index contributed by atoms with van der Waals surface area (Å²) in [5.74, 6) is 0.456. The number of H-pyrrole nitrogens is 1. The van der Waals surface area contributed by atoms with Crippen LogP contribution in [0.25, 0.3) is 22.2 Å². The van der Waals surface area contributed by atoms with Crippen molar-refractivity contribution in [1.82, 2.24) is 24.8 Å². The number of fused-ring (bicyclic) bond motifs is 1. The molecule has 1 aromatic carbocycles. The highest BCUT2D eigenvalue weighted by atomic mass is 35.5. The van der Waals surface area contributed by atoms with Gasteiger partial charge in [-0.2, -0.15) is 0 Å². The molecule has 2 fully saturated rings. The number of amides is 1. The molecule has 0 unspecified atom stereocenters. The molecule has 0 bridgehead atoms. The van der Waals surface area contributed by atoms with E-state index in [1.807, 2.05) is 30.5 Å². The Morgan fingerprint density at radius 3 is 2.74 bits per heavy atom. The molecule has 35 heavy (non-hydrogen) atoms. The summed E-state index contributed by atoms with van der Waals surface area (Å²) in [6.45, 7) is 6.60. The molecular formula is C26H30ClFN6O. The minimum atomic E-state index is -1.21. The van der Waals surface area contributed by atoms with Crippen LogP contribution in [0.4, 0.5) is 10.3 Å². The number of aromatic nitrogens is 3. The molecule has 184 valence electrons. The molecule has 3 heterocycles. The van der Waals surface area contributed by atoms with E-state index >= 15 is 4.39 Å². The van der Waals surface area contributed by atoms with E-state index in [4.69, 9.17) is 16.6 Å². The summed E-state index contributed by atoms with van der Waals surface area (Å²) in [7, 11) is 0. The number of carbonyl (C=O) groups is 1. The smallest absolute Gasteiger partial charge is 0.246 e. The first-order chi connectivity index (χ1) is 16.9. The summed E-state index contributed by atoms with van der Waals surface area (Å²) in [6, 6.07) is 8.12. The lowest BCUT2D eigenvalue weighted by Gasteiger charge is -2.41. The highest BCUT2D eigenvalue weighted by molar-refractivity contribution is 6.33. The second kappa shape index (κ2) is 9.95. The van der Waals surface area contributed by atoms with Gasteiger partial charge in [-0.15, -0.1) is 0 Å². The fourth-order valence-corrected chi connectivity index (χ4v) is 5.36. The molecule has 0 atom stereocenters. The van der Waals surface area contributed by atoms with Gasteiger partial charge in [0, 0.05) is 61.4 Å². The largest absolute Gasteiger partial charge is 0.360 e. The fraction of sp³-hybridized carbons (Fsp3) is 0.423. The zero-order valence-corrected chi connectivity index (χ0v) is 20.4. The Bertz CT molecular complexity index is 1210. The molecule has 1 amide bonds. The Hall–Kier alpha value is -2.97. The molecule has 1 saturated carbocycles. The van der Waals surface area contributed by atoms with Crippen LogP contribution < -0.4 is 5.32 Å². The van der Waals surface area contributed by atoms with Crippen molar-refractivity contribution < 1.29 is 9.18 Å². The number of carbonyl (C=O) groups excluding carboxylic acids is 1. The minimum absolute atomic E-state index is 0.0523. The average Bonchev–Trinajstić information content (AvgIpc) is 3.31. The first-order valence-electron chi connectivity index (χ1n) is 12.1. The number of nitrogens with one attached hydrogen (secondary N) is 2. The van der Waals surface area contributed by atoms with Crippen LogP contribution >= 0.6 is 11.6 Å². The van der Waals surface area contributed by atoms with Crippen molar-refractivity contribution >= 4 is 34.4 Å². The van der Waals surface area contributed by atoms with Gasteiger partial charge in [0.1, 0.15) is 5.67 Å². The van der Waals surface area contributed by atoms with Crippen LogP contribution in [0.2, 0.25) is 5.02 Å². The molecule has 2 N–H and O–H groups in total. The number of para-hydroxylation sites is 1. The maximum absolute atomic E-state index is 15.6. The monoisotopic (exact) mass is 496 g/mol. The average molecular weight is 497 g/mol. The van der Waals surface area contributed by atoms with Crippen molar-refractivity contribution in [3.05, 3.63) is 54.3 Å². The topological polar surface area (TPSA) is 77.2 Å². The minimum Gasteiger partial charge on any atom is -0.360 e. The number of alkyl halides is 1. The number of anilines is 1. The predicted molar refractivity (Wildman–Crippen MR) is 137 cm³/mol. The van der Waals surface area contributed by atoms with Gasteiger partial charge in [-0.05, 0) is 37.8 Å². The lowest BCUT2D eigenvalue weighted by molar-refractivity contribution is -0.128. The van der Waals surface area contributed by atoms with Gasteiger partial charge in [0.15, 0.2) is 0 Å². The van der Waals surface area contributed by atoms with E-state index in [2.05, 4.69) is 26.8 Å². The summed E-state index contributed by atoms with van der Waals surface area (Å²) < 4.78 is 15.6. The molecule has 2 aromatic heterocycles. The Kier molecular flexibility index (Phi) is 6.75. The number of aromatic amines is 1. The lowest BCUT2D eigenvalue weighted by atomic mass is 9.83. The zero-order valence-electron chi connectivity index (χ0n) is 19.6. The molecule has 0 spiro atoms. The van der Waals surface area contributed by atoms with Crippen LogP contribution in [0.15, 0.2) is 49.3 Å². The number of nitrogens with zero attached hydrogens (tertiary/aromatic N) is 4. The van der Waals surface area contributed by atoms with Gasteiger partial charge < -0.3 is 15.2 Å². The molecule has 1 saturated heterocycles. The van der Waals surface area contributed by atoms with E-state index in [0.717, 1.165) is 16.5 Å². The Balaban J connectivity index is 1.18. The predicted octanol–water partition coefficient (Wildman–Crippen LogP) is 4.67. The summed E-state index contributed by atoms with van der Waals surface area (Å²) in [5.41, 5.74) is 1.41. The summed E-state index contributed by atoms with van der Waals surface area (Å²) in [6.07, 6.45) is 7.26. The summed E-state index contributed by atoms with van der Waals surface area (Å²) in [4.78, 5) is 28.0. The van der Waals surface area contributed by atoms with Crippen molar-refractivity contribution in [3.63, 3.8) is 0 Å². The Morgan fingerprint density at radius 2 is 2.00 bits per heavy atom. The number of benzene rings is 1. The van der Waals surface area contributed by atoms with Crippen LogP contribution in [0.1, 0.15) is 25.7 Å². The van der Waals surface area contributed by atoms with Crippen molar-refractivity contribution in [1.29, 1.82) is 0 Å². The highest BCUT2D eigenvalue weighted by Gasteiger charge is 2.38. The van der Waals surface area contributed by atoms with Gasteiger partial charge in [0.2, 0.25) is 11.9 Å². The molecule has 1 aliphatic carbocycles. The van der Waals surface area contributed by atoms with Gasteiger partial charge in [0.05, 0.1) is 16.9 Å². The van der Waals surface area contributed by atoms with Crippen LogP contribution in [0.5, 0.6) is 0 Å². The zero-order chi connectivity index (χ0) is 24.4. The van der Waals surface area contributed by atoms with E-state index in [1.165, 1.54) is 6.08 Å². The number of piperazine rings is 1. The van der Waals surface area contributed by atoms with Gasteiger partial charge in [0.25, 0.3) is 0 Å². The third-order valence-corrected chi connectivity index (χ3v) is 7.45. The van der Waals surface area contributed by atoms with Crippen molar-refractivity contribution in [2.75, 3.05) is 38.0 Å². The van der Waals surface area contributed by atoms with Crippen LogP contribution in [-0.2, 0) is 4.79 Å². The molecule has 3 aromatic rings. The van der Waals surface area contributed by atoms with E-state index in [-0.39, 0.29) is 11.9 Å². The molecule has 7 nitrogen and oxygen atoms in total. The second-order valence-electron chi connectivity index (χ2n) is 9.51. The summed E-state index contributed by atoms with van der Waals surface area (Å²) >= 11 is 6.45. The van der Waals surface area contributed by atoms with E-state index < -0.39 is 5.67 Å². The van der Waals surface area contributed by atoms with Gasteiger partial charge in [-0.3, -0.25) is 9.69 Å². The molecular weight excluding hydrogens is 467 g/mol. The van der Waals surface area contributed by atoms with Gasteiger partial charge in [-0.25, -0.2) is 14.4 Å². The molecule has 2 aliphatic rings. The van der Waals surface area contributed by atoms with Gasteiger partial charge in [-0.1, -0.05) is 36.4 Å². The maximum Gasteiger partial charge on any atom is 0.246 e. The van der Waals surface area contributed by atoms with E-state index in [1.54, 1.807) is 11.1 Å². The Labute approximate surface area is 209 Å². The summed E-state index contributed by atoms with van der Waals surface area (Å²) in [5, 5.41) is 4.94. The molecule has 1 aliphatic heterocycles. The third-order valence-electron chi connectivity index (χ3n) is 7.17. The van der Waals surface area contributed by atoms with Crippen LogP contribution in [-0.4, -0.2) is 75.1 Å². The number of halogens is 2. The first kappa shape index (κ1) is 23.8. The van der Waals surface area contributed by atoms with Crippen LogP contribution in [0, 0.1) is 0 Å².